The summed E-state index contributed by atoms with van der Waals surface area (Å²) in [5.41, 5.74) is 1.75. The highest BCUT2D eigenvalue weighted by Gasteiger charge is 2.36. The Bertz CT molecular complexity index is 517. The highest BCUT2D eigenvalue weighted by atomic mass is 19.1. The summed E-state index contributed by atoms with van der Waals surface area (Å²) in [6, 6.07) is 2.15. The number of hydrogen-bond acceptors (Lipinski definition) is 2. The molecule has 0 saturated carbocycles. The lowest BCUT2D eigenvalue weighted by Gasteiger charge is -2.39. The third-order valence-electron chi connectivity index (χ3n) is 4.29. The van der Waals surface area contributed by atoms with Crippen molar-refractivity contribution in [3.05, 3.63) is 35.2 Å². The van der Waals surface area contributed by atoms with Crippen LogP contribution in [0.2, 0.25) is 0 Å². The summed E-state index contributed by atoms with van der Waals surface area (Å²) in [5, 5.41) is 20.1. The molecule has 0 saturated heterocycles. The summed E-state index contributed by atoms with van der Waals surface area (Å²) in [4.78, 5) is 0. The lowest BCUT2D eigenvalue weighted by atomic mass is 9.65. The molecule has 20 heavy (non-hydrogen) atoms. The van der Waals surface area contributed by atoms with E-state index < -0.39 is 5.82 Å². The van der Waals surface area contributed by atoms with Crippen molar-refractivity contribution in [3.63, 3.8) is 0 Å². The third kappa shape index (κ3) is 2.82. The minimum Gasteiger partial charge on any atom is -0.507 e. The summed E-state index contributed by atoms with van der Waals surface area (Å²) < 4.78 is 13.2. The van der Waals surface area contributed by atoms with Crippen LogP contribution in [-0.2, 0) is 0 Å². The molecular weight excluding hydrogens is 255 g/mol. The Morgan fingerprint density at radius 1 is 1.15 bits per heavy atom. The van der Waals surface area contributed by atoms with Crippen LogP contribution >= 0.6 is 0 Å². The fourth-order valence-corrected chi connectivity index (χ4v) is 3.26. The van der Waals surface area contributed by atoms with Crippen molar-refractivity contribution >= 4 is 0 Å². The Kier molecular flexibility index (Phi) is 3.81. The van der Waals surface area contributed by atoms with E-state index in [1.54, 1.807) is 0 Å². The van der Waals surface area contributed by atoms with Crippen LogP contribution in [0, 0.1) is 17.2 Å². The van der Waals surface area contributed by atoms with Crippen molar-refractivity contribution in [2.24, 2.45) is 11.3 Å². The first-order chi connectivity index (χ1) is 9.20. The molecule has 110 valence electrons. The van der Waals surface area contributed by atoms with Gasteiger partial charge >= 0.3 is 0 Å². The van der Waals surface area contributed by atoms with Gasteiger partial charge in [-0.2, -0.15) is 0 Å². The van der Waals surface area contributed by atoms with E-state index in [0.717, 1.165) is 25.0 Å². The van der Waals surface area contributed by atoms with E-state index >= 15 is 0 Å². The van der Waals surface area contributed by atoms with Crippen molar-refractivity contribution < 1.29 is 14.6 Å². The molecule has 2 unspecified atom stereocenters. The molecule has 0 aromatic heterocycles. The summed E-state index contributed by atoms with van der Waals surface area (Å²) in [7, 11) is 0. The van der Waals surface area contributed by atoms with Gasteiger partial charge in [-0.3, -0.25) is 0 Å². The van der Waals surface area contributed by atoms with Gasteiger partial charge in [0.05, 0.1) is 0 Å². The molecule has 0 spiro atoms. The molecule has 1 aliphatic rings. The zero-order chi connectivity index (χ0) is 15.1. The topological polar surface area (TPSA) is 40.5 Å². The number of benzene rings is 1. The minimum absolute atomic E-state index is 0.0507. The smallest absolute Gasteiger partial charge is 0.130 e. The second kappa shape index (κ2) is 5.12. The molecular formula is C17H23FO2. The molecule has 2 atom stereocenters. The first kappa shape index (κ1) is 14.9. The zero-order valence-corrected chi connectivity index (χ0v) is 12.6. The largest absolute Gasteiger partial charge is 0.507 e. The fourth-order valence-electron chi connectivity index (χ4n) is 3.26. The summed E-state index contributed by atoms with van der Waals surface area (Å²) in [6.45, 7) is 8.55. The predicted molar refractivity (Wildman–Crippen MR) is 78.4 cm³/mol. The maximum atomic E-state index is 13.2. The normalized spacial score (nSPS) is 23.6. The number of aromatic hydroxyl groups is 2. The van der Waals surface area contributed by atoms with Gasteiger partial charge in [-0.05, 0) is 31.1 Å². The summed E-state index contributed by atoms with van der Waals surface area (Å²) in [6.07, 6.45) is 4.14. The molecule has 1 aliphatic carbocycles. The second-order valence-electron chi connectivity index (χ2n) is 6.91. The van der Waals surface area contributed by atoms with Gasteiger partial charge in [0, 0.05) is 23.6 Å². The van der Waals surface area contributed by atoms with Crippen molar-refractivity contribution in [1.82, 2.24) is 0 Å². The monoisotopic (exact) mass is 278 g/mol. The summed E-state index contributed by atoms with van der Waals surface area (Å²) in [5.74, 6) is -0.717. The molecule has 0 amide bonds. The predicted octanol–water partition coefficient (Wildman–Crippen LogP) is 4.72. The highest BCUT2D eigenvalue weighted by Crippen LogP contribution is 2.50. The average molecular weight is 278 g/mol. The van der Waals surface area contributed by atoms with Gasteiger partial charge in [-0.15, -0.1) is 0 Å². The lowest BCUT2D eigenvalue weighted by molar-refractivity contribution is 0.194. The van der Waals surface area contributed by atoms with Crippen LogP contribution in [-0.4, -0.2) is 10.2 Å². The third-order valence-corrected chi connectivity index (χ3v) is 4.29. The van der Waals surface area contributed by atoms with E-state index in [1.165, 1.54) is 5.57 Å². The SMILES string of the molecule is CC1=CC(c2c(O)cc(F)cc2O)C(C(C)(C)C)CC1. The molecule has 2 nitrogen and oxygen atoms in total. The van der Waals surface area contributed by atoms with E-state index in [0.29, 0.717) is 11.5 Å². The number of rotatable bonds is 1. The number of allylic oxidation sites excluding steroid dienone is 2. The molecule has 0 radical (unpaired) electrons. The Labute approximate surface area is 120 Å². The van der Waals surface area contributed by atoms with Gasteiger partial charge in [-0.25, -0.2) is 4.39 Å². The van der Waals surface area contributed by atoms with Gasteiger partial charge < -0.3 is 10.2 Å². The van der Waals surface area contributed by atoms with Crippen molar-refractivity contribution in [3.8, 4) is 11.5 Å². The summed E-state index contributed by atoms with van der Waals surface area (Å²) >= 11 is 0. The molecule has 3 heteroatoms. The first-order valence-corrected chi connectivity index (χ1v) is 7.09. The Morgan fingerprint density at radius 2 is 1.70 bits per heavy atom. The molecule has 2 N–H and O–H groups in total. The Hall–Kier alpha value is -1.51. The molecule has 0 heterocycles. The molecule has 1 aromatic rings. The van der Waals surface area contributed by atoms with E-state index in [2.05, 4.69) is 33.8 Å². The van der Waals surface area contributed by atoms with Gasteiger partial charge in [-0.1, -0.05) is 32.4 Å². The fraction of sp³-hybridized carbons (Fsp3) is 0.529. The van der Waals surface area contributed by atoms with E-state index in [9.17, 15) is 14.6 Å². The van der Waals surface area contributed by atoms with Crippen LogP contribution in [0.15, 0.2) is 23.8 Å². The quantitative estimate of drug-likeness (QED) is 0.729. The highest BCUT2D eigenvalue weighted by molar-refractivity contribution is 5.49. The number of halogens is 1. The van der Waals surface area contributed by atoms with Gasteiger partial charge in [0.25, 0.3) is 0 Å². The minimum atomic E-state index is -0.618. The Balaban J connectivity index is 2.55. The zero-order valence-electron chi connectivity index (χ0n) is 12.6. The van der Waals surface area contributed by atoms with E-state index in [-0.39, 0.29) is 22.8 Å². The number of hydrogen-bond donors (Lipinski definition) is 2. The number of phenols is 2. The van der Waals surface area contributed by atoms with Crippen LogP contribution < -0.4 is 0 Å². The van der Waals surface area contributed by atoms with Crippen LogP contribution in [0.4, 0.5) is 4.39 Å². The first-order valence-electron chi connectivity index (χ1n) is 7.09. The maximum Gasteiger partial charge on any atom is 0.130 e. The van der Waals surface area contributed by atoms with Crippen molar-refractivity contribution in [1.29, 1.82) is 0 Å². The average Bonchev–Trinajstić information content (AvgIpc) is 2.25. The van der Waals surface area contributed by atoms with Gasteiger partial charge in [0.2, 0.25) is 0 Å². The molecule has 0 aliphatic heterocycles. The van der Waals surface area contributed by atoms with Crippen molar-refractivity contribution in [2.45, 2.75) is 46.5 Å². The molecule has 0 fully saturated rings. The van der Waals surface area contributed by atoms with Crippen LogP contribution in [0.5, 0.6) is 11.5 Å². The number of phenolic OH excluding ortho intramolecular Hbond substituents is 2. The molecule has 2 rings (SSSR count). The van der Waals surface area contributed by atoms with Gasteiger partial charge in [0.1, 0.15) is 17.3 Å². The van der Waals surface area contributed by atoms with E-state index in [1.807, 2.05) is 0 Å². The van der Waals surface area contributed by atoms with Crippen LogP contribution in [0.25, 0.3) is 0 Å². The Morgan fingerprint density at radius 3 is 2.20 bits per heavy atom. The van der Waals surface area contributed by atoms with Crippen molar-refractivity contribution in [2.75, 3.05) is 0 Å². The second-order valence-corrected chi connectivity index (χ2v) is 6.91. The van der Waals surface area contributed by atoms with Crippen LogP contribution in [0.3, 0.4) is 0 Å². The molecule has 0 bridgehead atoms. The van der Waals surface area contributed by atoms with Gasteiger partial charge in [0.15, 0.2) is 0 Å². The standard InChI is InChI=1S/C17H23FO2/c1-10-5-6-13(17(2,3)4)12(7-10)16-14(19)8-11(18)9-15(16)20/h7-9,12-13,19-20H,5-6H2,1-4H3. The maximum absolute atomic E-state index is 13.2. The lowest BCUT2D eigenvalue weighted by Crippen LogP contribution is -2.28. The molecule has 1 aromatic carbocycles. The van der Waals surface area contributed by atoms with Crippen LogP contribution in [0.1, 0.15) is 52.0 Å². The van der Waals surface area contributed by atoms with E-state index in [4.69, 9.17) is 0 Å².